The third-order valence-electron chi connectivity index (χ3n) is 4.09. The predicted molar refractivity (Wildman–Crippen MR) is 111 cm³/mol. The summed E-state index contributed by atoms with van der Waals surface area (Å²) in [6.07, 6.45) is -0.0479. The van der Waals surface area contributed by atoms with Crippen molar-refractivity contribution in [2.45, 2.75) is 31.2 Å². The largest absolute Gasteiger partial charge is 0.302 e. The van der Waals surface area contributed by atoms with Gasteiger partial charge in [-0.3, -0.25) is 4.79 Å². The van der Waals surface area contributed by atoms with E-state index in [0.29, 0.717) is 10.7 Å². The molecule has 0 aliphatic heterocycles. The van der Waals surface area contributed by atoms with Gasteiger partial charge >= 0.3 is 0 Å². The lowest BCUT2D eigenvalue weighted by molar-refractivity contribution is -0.116. The molecular weight excluding hydrogens is 394 g/mol. The fourth-order valence-electron chi connectivity index (χ4n) is 2.65. The predicted octanol–water partition coefficient (Wildman–Crippen LogP) is 3.81. The second-order valence-corrected chi connectivity index (χ2v) is 9.02. The van der Waals surface area contributed by atoms with Crippen LogP contribution in [0.15, 0.2) is 64.9 Å². The Kier molecular flexibility index (Phi) is 6.23. The molecule has 2 aromatic carbocycles. The monoisotopic (exact) mass is 415 g/mol. The van der Waals surface area contributed by atoms with Crippen LogP contribution in [-0.2, 0) is 14.8 Å². The van der Waals surface area contributed by atoms with Crippen molar-refractivity contribution in [3.8, 4) is 0 Å². The molecule has 0 fully saturated rings. The molecule has 6 nitrogen and oxygen atoms in total. The van der Waals surface area contributed by atoms with E-state index < -0.39 is 16.1 Å². The molecule has 1 heterocycles. The van der Waals surface area contributed by atoms with Gasteiger partial charge in [-0.2, -0.15) is 0 Å². The van der Waals surface area contributed by atoms with Gasteiger partial charge in [0.1, 0.15) is 0 Å². The van der Waals surface area contributed by atoms with Crippen LogP contribution in [0.1, 0.15) is 29.3 Å². The highest BCUT2D eigenvalue weighted by Gasteiger charge is 2.24. The summed E-state index contributed by atoms with van der Waals surface area (Å²) in [6, 6.07) is 14.9. The number of carbonyl (C=O) groups excluding carboxylic acids is 1. The lowest BCUT2D eigenvalue weighted by Crippen LogP contribution is -2.31. The first-order valence-electron chi connectivity index (χ1n) is 8.69. The maximum absolute atomic E-state index is 12.8. The van der Waals surface area contributed by atoms with Gasteiger partial charge in [0.05, 0.1) is 16.6 Å². The Hall–Kier alpha value is -2.55. The van der Waals surface area contributed by atoms with E-state index in [1.165, 1.54) is 11.3 Å². The van der Waals surface area contributed by atoms with Crippen LogP contribution in [0.3, 0.4) is 0 Å². The van der Waals surface area contributed by atoms with Crippen molar-refractivity contribution in [2.75, 3.05) is 5.32 Å². The molecule has 0 aliphatic rings. The van der Waals surface area contributed by atoms with Gasteiger partial charge in [-0.1, -0.05) is 48.0 Å². The van der Waals surface area contributed by atoms with Crippen LogP contribution < -0.4 is 10.0 Å². The fraction of sp³-hybridized carbons (Fsp3) is 0.200. The van der Waals surface area contributed by atoms with E-state index in [2.05, 4.69) is 15.0 Å². The molecule has 28 heavy (non-hydrogen) atoms. The number of benzene rings is 2. The lowest BCUT2D eigenvalue weighted by Gasteiger charge is -2.19. The number of hydrogen-bond donors (Lipinski definition) is 2. The topological polar surface area (TPSA) is 88.2 Å². The first-order chi connectivity index (χ1) is 13.3. The number of aryl methyl sites for hydroxylation is 2. The number of anilines is 1. The molecular formula is C20H21N3O3S2. The van der Waals surface area contributed by atoms with Crippen molar-refractivity contribution in [3.63, 3.8) is 0 Å². The van der Waals surface area contributed by atoms with E-state index >= 15 is 0 Å². The van der Waals surface area contributed by atoms with Crippen molar-refractivity contribution in [1.29, 1.82) is 0 Å². The SMILES string of the molecule is Cc1ccc(S(=O)(=O)N[C@H](CC(=O)Nc2nc(C)cs2)c2ccccc2)cc1. The average molecular weight is 416 g/mol. The number of sulfonamides is 1. The van der Waals surface area contributed by atoms with Gasteiger partial charge in [0, 0.05) is 11.8 Å². The highest BCUT2D eigenvalue weighted by Crippen LogP contribution is 2.22. The molecule has 1 amide bonds. The summed E-state index contributed by atoms with van der Waals surface area (Å²) < 4.78 is 28.3. The smallest absolute Gasteiger partial charge is 0.241 e. The van der Waals surface area contributed by atoms with Gasteiger partial charge in [-0.05, 0) is 31.5 Å². The standard InChI is InChI=1S/C20H21N3O3S2/c1-14-8-10-17(11-9-14)28(25,26)23-18(16-6-4-3-5-7-16)12-19(24)22-20-21-15(2)13-27-20/h3-11,13,18,23H,12H2,1-2H3,(H,21,22,24)/t18-/m1/s1. The number of rotatable bonds is 7. The van der Waals surface area contributed by atoms with Gasteiger partial charge in [-0.15, -0.1) is 11.3 Å². The molecule has 0 unspecified atom stereocenters. The Bertz CT molecular complexity index is 1050. The Labute approximate surface area is 168 Å². The summed E-state index contributed by atoms with van der Waals surface area (Å²) in [5.41, 5.74) is 2.50. The fourth-order valence-corrected chi connectivity index (χ4v) is 4.58. The maximum atomic E-state index is 12.8. The summed E-state index contributed by atoms with van der Waals surface area (Å²) in [6.45, 7) is 3.73. The molecule has 0 saturated carbocycles. The number of nitrogens with one attached hydrogen (secondary N) is 2. The second kappa shape index (κ2) is 8.64. The summed E-state index contributed by atoms with van der Waals surface area (Å²) in [5.74, 6) is -0.310. The van der Waals surface area contributed by atoms with Gasteiger partial charge in [-0.25, -0.2) is 18.1 Å². The number of thiazole rings is 1. The normalized spacial score (nSPS) is 12.5. The number of hydrogen-bond acceptors (Lipinski definition) is 5. The van der Waals surface area contributed by atoms with E-state index in [-0.39, 0.29) is 17.2 Å². The van der Waals surface area contributed by atoms with Crippen molar-refractivity contribution < 1.29 is 13.2 Å². The zero-order valence-electron chi connectivity index (χ0n) is 15.5. The van der Waals surface area contributed by atoms with Gasteiger partial charge in [0.2, 0.25) is 15.9 Å². The van der Waals surface area contributed by atoms with Gasteiger partial charge < -0.3 is 5.32 Å². The highest BCUT2D eigenvalue weighted by atomic mass is 32.2. The minimum Gasteiger partial charge on any atom is -0.302 e. The Morgan fingerprint density at radius 1 is 1.07 bits per heavy atom. The molecule has 0 bridgehead atoms. The molecule has 0 aliphatic carbocycles. The van der Waals surface area contributed by atoms with Crippen molar-refractivity contribution >= 4 is 32.4 Å². The molecule has 1 atom stereocenters. The van der Waals surface area contributed by atoms with Crippen molar-refractivity contribution in [3.05, 3.63) is 76.8 Å². The van der Waals surface area contributed by atoms with Gasteiger partial charge in [0.25, 0.3) is 0 Å². The Morgan fingerprint density at radius 2 is 1.75 bits per heavy atom. The lowest BCUT2D eigenvalue weighted by atomic mass is 10.0. The first kappa shape index (κ1) is 20.2. The van der Waals surface area contributed by atoms with Crippen LogP contribution in [0, 0.1) is 13.8 Å². The average Bonchev–Trinajstić information content (AvgIpc) is 3.06. The van der Waals surface area contributed by atoms with E-state index in [1.54, 1.807) is 36.4 Å². The molecule has 1 aromatic heterocycles. The van der Waals surface area contributed by atoms with Crippen LogP contribution in [0.25, 0.3) is 0 Å². The van der Waals surface area contributed by atoms with E-state index in [9.17, 15) is 13.2 Å². The highest BCUT2D eigenvalue weighted by molar-refractivity contribution is 7.89. The second-order valence-electron chi connectivity index (χ2n) is 6.44. The molecule has 8 heteroatoms. The molecule has 146 valence electrons. The van der Waals surface area contributed by atoms with E-state index in [0.717, 1.165) is 11.3 Å². The molecule has 0 saturated heterocycles. The Balaban J connectivity index is 1.81. The van der Waals surface area contributed by atoms with Gasteiger partial charge in [0.15, 0.2) is 5.13 Å². The summed E-state index contributed by atoms with van der Waals surface area (Å²) >= 11 is 1.33. The minimum absolute atomic E-state index is 0.0479. The van der Waals surface area contributed by atoms with Crippen LogP contribution in [-0.4, -0.2) is 19.3 Å². The molecule has 0 spiro atoms. The van der Waals surface area contributed by atoms with Crippen LogP contribution in [0.2, 0.25) is 0 Å². The molecule has 0 radical (unpaired) electrons. The number of carbonyl (C=O) groups is 1. The number of aromatic nitrogens is 1. The maximum Gasteiger partial charge on any atom is 0.241 e. The first-order valence-corrected chi connectivity index (χ1v) is 11.1. The minimum atomic E-state index is -3.78. The summed E-state index contributed by atoms with van der Waals surface area (Å²) in [5, 5.41) is 5.06. The van der Waals surface area contributed by atoms with Crippen LogP contribution in [0.5, 0.6) is 0 Å². The number of nitrogens with zero attached hydrogens (tertiary/aromatic N) is 1. The zero-order chi connectivity index (χ0) is 20.1. The zero-order valence-corrected chi connectivity index (χ0v) is 17.2. The molecule has 3 rings (SSSR count). The summed E-state index contributed by atoms with van der Waals surface area (Å²) in [4.78, 5) is 16.9. The molecule has 3 aromatic rings. The van der Waals surface area contributed by atoms with Crippen molar-refractivity contribution in [1.82, 2.24) is 9.71 Å². The third kappa shape index (κ3) is 5.25. The van der Waals surface area contributed by atoms with E-state index in [1.807, 2.05) is 37.4 Å². The van der Waals surface area contributed by atoms with E-state index in [4.69, 9.17) is 0 Å². The summed E-state index contributed by atoms with van der Waals surface area (Å²) in [7, 11) is -3.78. The Morgan fingerprint density at radius 3 is 2.36 bits per heavy atom. The number of amides is 1. The quantitative estimate of drug-likeness (QED) is 0.614. The van der Waals surface area contributed by atoms with Crippen LogP contribution in [0.4, 0.5) is 5.13 Å². The van der Waals surface area contributed by atoms with Crippen LogP contribution >= 0.6 is 11.3 Å². The van der Waals surface area contributed by atoms with Crippen molar-refractivity contribution in [2.24, 2.45) is 0 Å². The third-order valence-corrected chi connectivity index (χ3v) is 6.45. The molecule has 2 N–H and O–H groups in total.